The molecule has 1 aliphatic heterocycles. The van der Waals surface area contributed by atoms with Crippen LogP contribution in [0, 0.1) is 10.5 Å². The van der Waals surface area contributed by atoms with Gasteiger partial charge in [-0.25, -0.2) is 0 Å². The van der Waals surface area contributed by atoms with E-state index in [9.17, 15) is 0 Å². The van der Waals surface area contributed by atoms with Crippen LogP contribution in [0.25, 0.3) is 0 Å². The molecule has 0 spiro atoms. The molecule has 3 heteroatoms. The van der Waals surface area contributed by atoms with Crippen LogP contribution in [0.5, 0.6) is 0 Å². The van der Waals surface area contributed by atoms with E-state index in [0.29, 0.717) is 12.1 Å². The standard InChI is InChI=1S/C15H22INO/c1-3-4-14-10-13(7-8-18-14)17-15-6-5-12(16)9-11(15)2/h5-6,9,13-14,17H,3-4,7-8,10H2,1-2H3. The molecule has 2 rings (SSSR count). The summed E-state index contributed by atoms with van der Waals surface area (Å²) < 4.78 is 7.09. The van der Waals surface area contributed by atoms with Gasteiger partial charge in [-0.05, 0) is 72.5 Å². The summed E-state index contributed by atoms with van der Waals surface area (Å²) >= 11 is 2.36. The molecule has 1 aromatic carbocycles. The molecule has 1 aromatic rings. The maximum absolute atomic E-state index is 5.79. The van der Waals surface area contributed by atoms with Crippen LogP contribution < -0.4 is 5.32 Å². The van der Waals surface area contributed by atoms with Crippen LogP contribution in [0.4, 0.5) is 5.69 Å². The maximum Gasteiger partial charge on any atom is 0.0594 e. The molecule has 0 aromatic heterocycles. The second kappa shape index (κ2) is 6.75. The van der Waals surface area contributed by atoms with Gasteiger partial charge in [0, 0.05) is 21.9 Å². The first-order valence-electron chi connectivity index (χ1n) is 6.83. The third-order valence-electron chi connectivity index (χ3n) is 3.53. The van der Waals surface area contributed by atoms with Crippen molar-refractivity contribution < 1.29 is 4.74 Å². The fraction of sp³-hybridized carbons (Fsp3) is 0.600. The first-order chi connectivity index (χ1) is 8.69. The summed E-state index contributed by atoms with van der Waals surface area (Å²) in [5.74, 6) is 0. The molecule has 100 valence electrons. The number of nitrogens with one attached hydrogen (secondary N) is 1. The van der Waals surface area contributed by atoms with Gasteiger partial charge in [-0.3, -0.25) is 0 Å². The van der Waals surface area contributed by atoms with Crippen LogP contribution in [0.15, 0.2) is 18.2 Å². The van der Waals surface area contributed by atoms with Gasteiger partial charge in [-0.1, -0.05) is 13.3 Å². The minimum Gasteiger partial charge on any atom is -0.382 e. The van der Waals surface area contributed by atoms with Crippen molar-refractivity contribution in [2.75, 3.05) is 11.9 Å². The van der Waals surface area contributed by atoms with E-state index < -0.39 is 0 Å². The summed E-state index contributed by atoms with van der Waals surface area (Å²) in [6.07, 6.45) is 5.10. The van der Waals surface area contributed by atoms with E-state index in [1.54, 1.807) is 0 Å². The molecule has 0 amide bonds. The molecule has 0 bridgehead atoms. The van der Waals surface area contributed by atoms with Crippen LogP contribution >= 0.6 is 22.6 Å². The molecular weight excluding hydrogens is 337 g/mol. The Kier molecular flexibility index (Phi) is 5.30. The van der Waals surface area contributed by atoms with Gasteiger partial charge in [0.2, 0.25) is 0 Å². The smallest absolute Gasteiger partial charge is 0.0594 e. The third kappa shape index (κ3) is 3.85. The Morgan fingerprint density at radius 1 is 1.44 bits per heavy atom. The van der Waals surface area contributed by atoms with Crippen molar-refractivity contribution in [2.45, 2.75) is 51.7 Å². The zero-order valence-electron chi connectivity index (χ0n) is 11.2. The highest BCUT2D eigenvalue weighted by Crippen LogP contribution is 2.24. The van der Waals surface area contributed by atoms with Crippen molar-refractivity contribution in [1.29, 1.82) is 0 Å². The lowest BCUT2D eigenvalue weighted by Gasteiger charge is -2.31. The highest BCUT2D eigenvalue weighted by molar-refractivity contribution is 14.1. The maximum atomic E-state index is 5.79. The predicted molar refractivity (Wildman–Crippen MR) is 85.2 cm³/mol. The minimum atomic E-state index is 0.449. The number of benzene rings is 1. The average Bonchev–Trinajstić information content (AvgIpc) is 2.34. The number of anilines is 1. The van der Waals surface area contributed by atoms with Gasteiger partial charge in [0.1, 0.15) is 0 Å². The van der Waals surface area contributed by atoms with Crippen LogP contribution in [-0.2, 0) is 4.74 Å². The average molecular weight is 359 g/mol. The van der Waals surface area contributed by atoms with Crippen molar-refractivity contribution in [1.82, 2.24) is 0 Å². The normalized spacial score (nSPS) is 23.9. The Labute approximate surface area is 124 Å². The van der Waals surface area contributed by atoms with E-state index in [-0.39, 0.29) is 0 Å². The zero-order valence-corrected chi connectivity index (χ0v) is 13.4. The molecule has 2 atom stereocenters. The second-order valence-corrected chi connectivity index (χ2v) is 6.35. The molecule has 1 heterocycles. The second-order valence-electron chi connectivity index (χ2n) is 5.11. The van der Waals surface area contributed by atoms with E-state index >= 15 is 0 Å². The van der Waals surface area contributed by atoms with Crippen LogP contribution in [0.1, 0.15) is 38.2 Å². The largest absolute Gasteiger partial charge is 0.382 e. The van der Waals surface area contributed by atoms with Gasteiger partial charge in [0.25, 0.3) is 0 Å². The van der Waals surface area contributed by atoms with Crippen molar-refractivity contribution >= 4 is 28.3 Å². The van der Waals surface area contributed by atoms with E-state index in [1.807, 2.05) is 0 Å². The predicted octanol–water partition coefficient (Wildman–Crippen LogP) is 4.36. The molecule has 1 saturated heterocycles. The fourth-order valence-electron chi connectivity index (χ4n) is 2.54. The number of ether oxygens (including phenoxy) is 1. The molecule has 0 aliphatic carbocycles. The fourth-order valence-corrected chi connectivity index (χ4v) is 3.19. The van der Waals surface area contributed by atoms with Crippen molar-refractivity contribution in [2.24, 2.45) is 0 Å². The van der Waals surface area contributed by atoms with Gasteiger partial charge in [0.05, 0.1) is 6.10 Å². The van der Waals surface area contributed by atoms with Gasteiger partial charge >= 0.3 is 0 Å². The van der Waals surface area contributed by atoms with Gasteiger partial charge in [0.15, 0.2) is 0 Å². The van der Waals surface area contributed by atoms with E-state index in [2.05, 4.69) is 60.0 Å². The highest BCUT2D eigenvalue weighted by Gasteiger charge is 2.22. The van der Waals surface area contributed by atoms with Crippen molar-refractivity contribution in [3.63, 3.8) is 0 Å². The van der Waals surface area contributed by atoms with Crippen LogP contribution in [0.3, 0.4) is 0 Å². The Balaban J connectivity index is 1.96. The summed E-state index contributed by atoms with van der Waals surface area (Å²) in [6.45, 7) is 5.29. The lowest BCUT2D eigenvalue weighted by atomic mass is 9.99. The quantitative estimate of drug-likeness (QED) is 0.807. The molecular formula is C15H22INO. The van der Waals surface area contributed by atoms with Gasteiger partial charge < -0.3 is 10.1 Å². The third-order valence-corrected chi connectivity index (χ3v) is 4.20. The highest BCUT2D eigenvalue weighted by atomic mass is 127. The Morgan fingerprint density at radius 3 is 3.00 bits per heavy atom. The van der Waals surface area contributed by atoms with Crippen molar-refractivity contribution in [3.8, 4) is 0 Å². The lowest BCUT2D eigenvalue weighted by molar-refractivity contribution is 0.00597. The van der Waals surface area contributed by atoms with Gasteiger partial charge in [-0.2, -0.15) is 0 Å². The lowest BCUT2D eigenvalue weighted by Crippen LogP contribution is -2.34. The first-order valence-corrected chi connectivity index (χ1v) is 7.91. The first kappa shape index (κ1) is 14.1. The Bertz CT molecular complexity index is 392. The molecule has 0 saturated carbocycles. The molecule has 1 aliphatic rings. The Morgan fingerprint density at radius 2 is 2.28 bits per heavy atom. The number of hydrogen-bond donors (Lipinski definition) is 1. The number of hydrogen-bond acceptors (Lipinski definition) is 2. The molecule has 1 fully saturated rings. The topological polar surface area (TPSA) is 21.3 Å². The van der Waals surface area contributed by atoms with Gasteiger partial charge in [-0.15, -0.1) is 0 Å². The van der Waals surface area contributed by atoms with Crippen molar-refractivity contribution in [3.05, 3.63) is 27.3 Å². The summed E-state index contributed by atoms with van der Waals surface area (Å²) in [6, 6.07) is 7.15. The minimum absolute atomic E-state index is 0.449. The van der Waals surface area contributed by atoms with E-state index in [4.69, 9.17) is 4.74 Å². The summed E-state index contributed by atoms with van der Waals surface area (Å²) in [4.78, 5) is 0. The molecule has 18 heavy (non-hydrogen) atoms. The van der Waals surface area contributed by atoms with E-state index in [0.717, 1.165) is 19.4 Å². The monoisotopic (exact) mass is 359 g/mol. The van der Waals surface area contributed by atoms with Crippen LogP contribution in [-0.4, -0.2) is 18.8 Å². The summed E-state index contributed by atoms with van der Waals surface area (Å²) in [5.41, 5.74) is 2.61. The van der Waals surface area contributed by atoms with Crippen LogP contribution in [0.2, 0.25) is 0 Å². The number of rotatable bonds is 4. The number of halogens is 1. The summed E-state index contributed by atoms with van der Waals surface area (Å²) in [7, 11) is 0. The molecule has 2 unspecified atom stereocenters. The molecule has 0 radical (unpaired) electrons. The molecule has 2 nitrogen and oxygen atoms in total. The summed E-state index contributed by atoms with van der Waals surface area (Å²) in [5, 5.41) is 3.68. The SMILES string of the molecule is CCCC1CC(Nc2ccc(I)cc2C)CCO1. The Hall–Kier alpha value is -0.290. The zero-order chi connectivity index (χ0) is 13.0. The number of aryl methyl sites for hydroxylation is 1. The van der Waals surface area contributed by atoms with E-state index in [1.165, 1.54) is 27.7 Å². The molecule has 1 N–H and O–H groups in total.